The number of hydrogen-bond acceptors (Lipinski definition) is 4. The number of benzene rings is 1. The van der Waals surface area contributed by atoms with Crippen molar-refractivity contribution in [3.8, 4) is 0 Å². The lowest BCUT2D eigenvalue weighted by Gasteiger charge is -2.26. The molecule has 0 aliphatic carbocycles. The molecule has 1 aromatic carbocycles. The molecule has 0 radical (unpaired) electrons. The summed E-state index contributed by atoms with van der Waals surface area (Å²) < 4.78 is 12.6. The minimum absolute atomic E-state index is 0.0478. The van der Waals surface area contributed by atoms with Crippen molar-refractivity contribution in [1.29, 1.82) is 0 Å². The second-order valence-electron chi connectivity index (χ2n) is 8.04. The molecular formula is C21H26Cl2N2O4. The summed E-state index contributed by atoms with van der Waals surface area (Å²) in [6.07, 6.45) is 0.823. The second kappa shape index (κ2) is 8.44. The Morgan fingerprint density at radius 2 is 1.76 bits per heavy atom. The number of aromatic nitrogens is 1. The van der Waals surface area contributed by atoms with Crippen molar-refractivity contribution in [1.82, 2.24) is 9.47 Å². The maximum Gasteiger partial charge on any atom is 0.410 e. The molecule has 0 fully saturated rings. The summed E-state index contributed by atoms with van der Waals surface area (Å²) in [4.78, 5) is 26.5. The summed E-state index contributed by atoms with van der Waals surface area (Å²) in [6, 6.07) is 3.50. The van der Waals surface area contributed by atoms with E-state index in [4.69, 9.17) is 32.7 Å². The zero-order chi connectivity index (χ0) is 21.3. The van der Waals surface area contributed by atoms with E-state index in [9.17, 15) is 9.59 Å². The molecule has 2 aromatic rings. The van der Waals surface area contributed by atoms with Crippen LogP contribution in [0.3, 0.4) is 0 Å². The molecule has 0 bridgehead atoms. The van der Waals surface area contributed by atoms with Crippen LogP contribution in [-0.4, -0.2) is 46.8 Å². The molecule has 158 valence electrons. The molecule has 1 aromatic heterocycles. The number of rotatable bonds is 3. The zero-order valence-electron chi connectivity index (χ0n) is 17.2. The van der Waals surface area contributed by atoms with Crippen molar-refractivity contribution < 1.29 is 19.1 Å². The Balaban J connectivity index is 2.01. The maximum atomic E-state index is 12.5. The number of carbonyl (C=O) groups is 2. The van der Waals surface area contributed by atoms with Gasteiger partial charge in [-0.1, -0.05) is 23.2 Å². The molecular weight excluding hydrogens is 415 g/mol. The van der Waals surface area contributed by atoms with Crippen LogP contribution in [0.1, 0.15) is 39.0 Å². The van der Waals surface area contributed by atoms with Gasteiger partial charge in [0.2, 0.25) is 0 Å². The van der Waals surface area contributed by atoms with Crippen molar-refractivity contribution in [3.63, 3.8) is 0 Å². The molecule has 0 spiro atoms. The van der Waals surface area contributed by atoms with Gasteiger partial charge in [0.15, 0.2) is 0 Å². The largest absolute Gasteiger partial charge is 0.465 e. The van der Waals surface area contributed by atoms with Gasteiger partial charge < -0.3 is 18.9 Å². The average molecular weight is 441 g/mol. The minimum atomic E-state index is -0.557. The van der Waals surface area contributed by atoms with Gasteiger partial charge in [-0.05, 0) is 51.8 Å². The van der Waals surface area contributed by atoms with Crippen molar-refractivity contribution in [3.05, 3.63) is 33.4 Å². The lowest BCUT2D eigenvalue weighted by molar-refractivity contribution is -0.143. The summed E-state index contributed by atoms with van der Waals surface area (Å²) in [6.45, 7) is 8.65. The molecule has 1 amide bonds. The first-order valence-electron chi connectivity index (χ1n) is 9.74. The monoisotopic (exact) mass is 440 g/mol. The Hall–Kier alpha value is -1.92. The number of hydrogen-bond donors (Lipinski definition) is 0. The second-order valence-corrected chi connectivity index (χ2v) is 8.85. The predicted molar refractivity (Wildman–Crippen MR) is 114 cm³/mol. The van der Waals surface area contributed by atoms with Gasteiger partial charge in [0.1, 0.15) is 12.1 Å². The van der Waals surface area contributed by atoms with E-state index in [2.05, 4.69) is 0 Å². The van der Waals surface area contributed by atoms with Gasteiger partial charge in [-0.15, -0.1) is 0 Å². The van der Waals surface area contributed by atoms with Crippen LogP contribution in [0, 0.1) is 0 Å². The number of nitrogens with zero attached hydrogens (tertiary/aromatic N) is 2. The first kappa shape index (κ1) is 21.8. The number of carbonyl (C=O) groups excluding carboxylic acids is 2. The Morgan fingerprint density at radius 1 is 1.10 bits per heavy atom. The van der Waals surface area contributed by atoms with Crippen LogP contribution in [0.4, 0.5) is 4.79 Å². The normalized spacial score (nSPS) is 14.5. The first-order chi connectivity index (χ1) is 13.6. The van der Waals surface area contributed by atoms with Crippen LogP contribution < -0.4 is 0 Å². The highest BCUT2D eigenvalue weighted by Crippen LogP contribution is 2.38. The van der Waals surface area contributed by atoms with Crippen molar-refractivity contribution in [2.45, 2.75) is 52.7 Å². The summed E-state index contributed by atoms with van der Waals surface area (Å²) in [5.74, 6) is -0.337. The number of amides is 1. The van der Waals surface area contributed by atoms with E-state index in [0.29, 0.717) is 42.6 Å². The highest BCUT2D eigenvalue weighted by atomic mass is 35.5. The molecule has 8 heteroatoms. The Labute approximate surface area is 180 Å². The molecule has 6 nitrogen and oxygen atoms in total. The summed E-state index contributed by atoms with van der Waals surface area (Å²) in [5, 5.41) is 1.95. The van der Waals surface area contributed by atoms with E-state index in [1.54, 1.807) is 24.0 Å². The predicted octanol–water partition coefficient (Wildman–Crippen LogP) is 4.85. The van der Waals surface area contributed by atoms with Crippen molar-refractivity contribution in [2.75, 3.05) is 19.7 Å². The molecule has 29 heavy (non-hydrogen) atoms. The van der Waals surface area contributed by atoms with Gasteiger partial charge in [0.25, 0.3) is 0 Å². The third kappa shape index (κ3) is 4.64. The third-order valence-corrected chi connectivity index (χ3v) is 5.44. The molecule has 1 aliphatic rings. The van der Waals surface area contributed by atoms with Gasteiger partial charge in [0.05, 0.1) is 22.2 Å². The fourth-order valence-corrected chi connectivity index (χ4v) is 4.23. The molecule has 0 saturated carbocycles. The first-order valence-corrected chi connectivity index (χ1v) is 10.5. The van der Waals surface area contributed by atoms with Crippen molar-refractivity contribution >= 4 is 46.2 Å². The Kier molecular flexibility index (Phi) is 6.34. The molecule has 0 atom stereocenters. The summed E-state index contributed by atoms with van der Waals surface area (Å²) in [7, 11) is 0. The molecule has 3 rings (SSSR count). The molecule has 2 heterocycles. The topological polar surface area (TPSA) is 60.8 Å². The lowest BCUT2D eigenvalue weighted by Crippen LogP contribution is -2.38. The average Bonchev–Trinajstić information content (AvgIpc) is 2.77. The van der Waals surface area contributed by atoms with Crippen LogP contribution in [-0.2, 0) is 33.7 Å². The van der Waals surface area contributed by atoms with Crippen LogP contribution in [0.5, 0.6) is 0 Å². The zero-order valence-corrected chi connectivity index (χ0v) is 18.7. The van der Waals surface area contributed by atoms with Crippen LogP contribution in [0.25, 0.3) is 10.9 Å². The number of halogens is 2. The lowest BCUT2D eigenvalue weighted by atomic mass is 10.1. The Bertz CT molecular complexity index is 947. The Morgan fingerprint density at radius 3 is 2.41 bits per heavy atom. The van der Waals surface area contributed by atoms with E-state index < -0.39 is 5.60 Å². The molecule has 0 unspecified atom stereocenters. The minimum Gasteiger partial charge on any atom is -0.465 e. The van der Waals surface area contributed by atoms with E-state index in [-0.39, 0.29) is 18.6 Å². The highest BCUT2D eigenvalue weighted by Gasteiger charge is 2.29. The third-order valence-electron chi connectivity index (χ3n) is 4.82. The number of esters is 1. The SMILES string of the molecule is CCOC(=O)Cn1c2c(c3c(Cl)ccc(Cl)c31)CCN(C(=O)OC(C)(C)C)CC2. The number of fused-ring (bicyclic) bond motifs is 3. The quantitative estimate of drug-likeness (QED) is 0.640. The van der Waals surface area contributed by atoms with Crippen molar-refractivity contribution in [2.24, 2.45) is 0 Å². The summed E-state index contributed by atoms with van der Waals surface area (Å²) >= 11 is 13.0. The van der Waals surface area contributed by atoms with Crippen LogP contribution in [0.2, 0.25) is 10.0 Å². The van der Waals surface area contributed by atoms with Crippen LogP contribution >= 0.6 is 23.2 Å². The van der Waals surface area contributed by atoms with E-state index >= 15 is 0 Å². The van der Waals surface area contributed by atoms with Gasteiger partial charge in [-0.2, -0.15) is 0 Å². The smallest absolute Gasteiger partial charge is 0.410 e. The van der Waals surface area contributed by atoms with Crippen LogP contribution in [0.15, 0.2) is 12.1 Å². The standard InChI is InChI=1S/C21H26Cl2N2O4/c1-5-28-17(26)12-25-16-9-11-24(20(27)29-21(2,3)4)10-8-13(16)18-14(22)6-7-15(23)19(18)25/h6-7H,5,8-12H2,1-4H3. The molecule has 0 N–H and O–H groups in total. The van der Waals surface area contributed by atoms with E-state index in [0.717, 1.165) is 22.2 Å². The fraction of sp³-hybridized carbons (Fsp3) is 0.524. The molecule has 0 saturated heterocycles. The van der Waals surface area contributed by atoms with Gasteiger partial charge in [-0.25, -0.2) is 4.79 Å². The molecule has 1 aliphatic heterocycles. The van der Waals surface area contributed by atoms with E-state index in [1.807, 2.05) is 25.3 Å². The van der Waals surface area contributed by atoms with E-state index in [1.165, 1.54) is 0 Å². The maximum absolute atomic E-state index is 12.5. The van der Waals surface area contributed by atoms with Gasteiger partial charge >= 0.3 is 12.1 Å². The summed E-state index contributed by atoms with van der Waals surface area (Å²) in [5.41, 5.74) is 2.15. The van der Waals surface area contributed by atoms with Gasteiger partial charge in [0, 0.05) is 30.6 Å². The number of ether oxygens (including phenoxy) is 2. The van der Waals surface area contributed by atoms with Gasteiger partial charge in [-0.3, -0.25) is 4.79 Å². The highest BCUT2D eigenvalue weighted by molar-refractivity contribution is 6.40. The fourth-order valence-electron chi connectivity index (χ4n) is 3.71.